The molecular weight excluding hydrogens is 313 g/mol. The highest BCUT2D eigenvalue weighted by Crippen LogP contribution is 2.42. The molecule has 96 valence electrons. The fourth-order valence-corrected chi connectivity index (χ4v) is 1.35. The summed E-state index contributed by atoms with van der Waals surface area (Å²) in [4.78, 5) is 0. The number of aliphatic hydroxyl groups is 1. The Balaban J connectivity index is 3.55. The summed E-state index contributed by atoms with van der Waals surface area (Å²) in [5.41, 5.74) is -1.60. The smallest absolute Gasteiger partial charge is 0.220 e. The van der Waals surface area contributed by atoms with Crippen molar-refractivity contribution in [2.45, 2.75) is 9.90 Å². The third-order valence-corrected chi connectivity index (χ3v) is 2.45. The zero-order chi connectivity index (χ0) is 13.5. The van der Waals surface area contributed by atoms with E-state index in [2.05, 4.69) is 0 Å². The molecule has 0 bridgehead atoms. The van der Waals surface area contributed by atoms with Gasteiger partial charge in [-0.05, 0) is 0 Å². The van der Waals surface area contributed by atoms with Gasteiger partial charge in [-0.25, -0.2) is 22.0 Å². The van der Waals surface area contributed by atoms with Crippen LogP contribution in [-0.4, -0.2) is 8.90 Å². The lowest BCUT2D eigenvalue weighted by Crippen LogP contribution is -2.21. The number of alkyl halides is 3. The highest BCUT2D eigenvalue weighted by molar-refractivity contribution is 6.68. The number of hydrogen-bond acceptors (Lipinski definition) is 1. The summed E-state index contributed by atoms with van der Waals surface area (Å²) in [6.07, 6.45) is -2.50. The van der Waals surface area contributed by atoms with Crippen LogP contribution < -0.4 is 0 Å². The quantitative estimate of drug-likeness (QED) is 0.362. The van der Waals surface area contributed by atoms with Crippen molar-refractivity contribution in [3.05, 3.63) is 34.6 Å². The molecule has 1 nitrogen and oxygen atoms in total. The number of halogens is 8. The Morgan fingerprint density at radius 3 is 1.35 bits per heavy atom. The molecule has 0 aliphatic carbocycles. The Labute approximate surface area is 107 Å². The Hall–Kier alpha value is -0.300. The summed E-state index contributed by atoms with van der Waals surface area (Å²) in [5.74, 6) is -11.3. The molecule has 0 saturated carbocycles. The van der Waals surface area contributed by atoms with Gasteiger partial charge in [0.05, 0.1) is 5.56 Å². The van der Waals surface area contributed by atoms with Crippen LogP contribution in [0.2, 0.25) is 0 Å². The molecule has 1 aromatic rings. The van der Waals surface area contributed by atoms with Gasteiger partial charge in [0, 0.05) is 0 Å². The highest BCUT2D eigenvalue weighted by Gasteiger charge is 2.39. The van der Waals surface area contributed by atoms with E-state index in [0.29, 0.717) is 0 Å². The third-order valence-electron chi connectivity index (χ3n) is 1.83. The molecule has 1 atom stereocenters. The molecule has 0 saturated heterocycles. The second-order valence-corrected chi connectivity index (χ2v) is 5.30. The zero-order valence-electron chi connectivity index (χ0n) is 7.55. The van der Waals surface area contributed by atoms with Crippen LogP contribution in [0.15, 0.2) is 0 Å². The van der Waals surface area contributed by atoms with Crippen LogP contribution >= 0.6 is 34.8 Å². The van der Waals surface area contributed by atoms with E-state index >= 15 is 0 Å². The third kappa shape index (κ3) is 2.59. The van der Waals surface area contributed by atoms with E-state index in [1.807, 2.05) is 0 Å². The largest absolute Gasteiger partial charge is 0.384 e. The molecule has 0 aliphatic heterocycles. The molecule has 9 heteroatoms. The molecule has 1 aromatic carbocycles. The van der Waals surface area contributed by atoms with Crippen molar-refractivity contribution in [3.63, 3.8) is 0 Å². The van der Waals surface area contributed by atoms with E-state index in [4.69, 9.17) is 34.8 Å². The molecule has 0 heterocycles. The van der Waals surface area contributed by atoms with Gasteiger partial charge in [-0.1, -0.05) is 34.8 Å². The van der Waals surface area contributed by atoms with Crippen molar-refractivity contribution < 1.29 is 27.1 Å². The van der Waals surface area contributed by atoms with Gasteiger partial charge in [-0.2, -0.15) is 0 Å². The van der Waals surface area contributed by atoms with Crippen molar-refractivity contribution in [2.75, 3.05) is 0 Å². The number of rotatable bonds is 1. The lowest BCUT2D eigenvalue weighted by molar-refractivity contribution is 0.167. The van der Waals surface area contributed by atoms with Crippen molar-refractivity contribution in [2.24, 2.45) is 0 Å². The minimum atomic E-state index is -2.64. The summed E-state index contributed by atoms with van der Waals surface area (Å²) in [7, 11) is 0. The monoisotopic (exact) mass is 314 g/mol. The lowest BCUT2D eigenvalue weighted by atomic mass is 10.1. The Morgan fingerprint density at radius 2 is 1.06 bits per heavy atom. The summed E-state index contributed by atoms with van der Waals surface area (Å²) in [6, 6.07) is 0. The van der Waals surface area contributed by atoms with E-state index in [0.717, 1.165) is 0 Å². The first-order valence-electron chi connectivity index (χ1n) is 3.85. The lowest BCUT2D eigenvalue weighted by Gasteiger charge is -2.20. The fraction of sp³-hybridized carbons (Fsp3) is 0.250. The minimum absolute atomic E-state index is 1.60. The Kier molecular flexibility index (Phi) is 4.13. The van der Waals surface area contributed by atoms with Crippen molar-refractivity contribution in [1.82, 2.24) is 0 Å². The zero-order valence-corrected chi connectivity index (χ0v) is 9.82. The number of benzene rings is 1. The van der Waals surface area contributed by atoms with Gasteiger partial charge < -0.3 is 5.11 Å². The van der Waals surface area contributed by atoms with Crippen molar-refractivity contribution >= 4 is 34.8 Å². The molecule has 17 heavy (non-hydrogen) atoms. The maximum absolute atomic E-state index is 13.1. The Bertz CT molecular complexity index is 430. The molecule has 0 amide bonds. The van der Waals surface area contributed by atoms with E-state index < -0.39 is 44.5 Å². The van der Waals surface area contributed by atoms with Gasteiger partial charge in [0.1, 0.15) is 6.10 Å². The van der Waals surface area contributed by atoms with Gasteiger partial charge in [0.15, 0.2) is 23.3 Å². The van der Waals surface area contributed by atoms with E-state index in [1.54, 1.807) is 0 Å². The fourth-order valence-electron chi connectivity index (χ4n) is 1.03. The highest BCUT2D eigenvalue weighted by atomic mass is 35.6. The molecule has 0 aliphatic rings. The summed E-state index contributed by atoms with van der Waals surface area (Å²) in [6.45, 7) is 0. The van der Waals surface area contributed by atoms with Crippen LogP contribution in [0.1, 0.15) is 11.7 Å². The maximum Gasteiger partial charge on any atom is 0.220 e. The maximum atomic E-state index is 13.1. The summed E-state index contributed by atoms with van der Waals surface area (Å²) in [5, 5.41) is 9.23. The van der Waals surface area contributed by atoms with E-state index in [-0.39, 0.29) is 0 Å². The van der Waals surface area contributed by atoms with Crippen LogP contribution in [0.4, 0.5) is 22.0 Å². The molecule has 0 fully saturated rings. The Morgan fingerprint density at radius 1 is 0.765 bits per heavy atom. The average Bonchev–Trinajstić information content (AvgIpc) is 2.22. The number of aliphatic hydroxyl groups excluding tert-OH is 1. The van der Waals surface area contributed by atoms with Crippen LogP contribution in [0.5, 0.6) is 0 Å². The summed E-state index contributed by atoms with van der Waals surface area (Å²) < 4.78 is 61.8. The minimum Gasteiger partial charge on any atom is -0.384 e. The molecule has 1 rings (SSSR count). The molecule has 0 radical (unpaired) electrons. The first kappa shape index (κ1) is 14.8. The second kappa shape index (κ2) is 4.76. The molecule has 0 aromatic heterocycles. The normalized spacial score (nSPS) is 13.9. The second-order valence-electron chi connectivity index (χ2n) is 2.93. The van der Waals surface area contributed by atoms with Crippen LogP contribution in [0.25, 0.3) is 0 Å². The average molecular weight is 315 g/mol. The van der Waals surface area contributed by atoms with Gasteiger partial charge in [-0.3, -0.25) is 0 Å². The van der Waals surface area contributed by atoms with Crippen molar-refractivity contribution in [1.29, 1.82) is 0 Å². The molecule has 0 spiro atoms. The van der Waals surface area contributed by atoms with Crippen LogP contribution in [0.3, 0.4) is 0 Å². The van der Waals surface area contributed by atoms with Crippen molar-refractivity contribution in [3.8, 4) is 0 Å². The SMILES string of the molecule is O[C@H](c1c(F)c(F)c(F)c(F)c1F)C(Cl)(Cl)Cl. The molecular formula is C8H2Cl3F5O. The molecule has 1 N–H and O–H groups in total. The van der Waals surface area contributed by atoms with Gasteiger partial charge in [-0.15, -0.1) is 0 Å². The summed E-state index contributed by atoms with van der Waals surface area (Å²) >= 11 is 15.3. The number of hydrogen-bond donors (Lipinski definition) is 1. The predicted octanol–water partition coefficient (Wildman–Crippen LogP) is 3.79. The first-order chi connectivity index (χ1) is 7.59. The molecule has 0 unspecified atom stereocenters. The standard InChI is InChI=1S/C8H2Cl3F5O/c9-8(10,11)7(17)1-2(12)4(14)6(16)5(15)3(1)13/h7,17H/t7-/m1/s1. The first-order valence-corrected chi connectivity index (χ1v) is 4.98. The van der Waals surface area contributed by atoms with Crippen LogP contribution in [0, 0.1) is 29.1 Å². The van der Waals surface area contributed by atoms with E-state index in [1.165, 1.54) is 0 Å². The topological polar surface area (TPSA) is 20.2 Å². The van der Waals surface area contributed by atoms with E-state index in [9.17, 15) is 27.1 Å². The van der Waals surface area contributed by atoms with Gasteiger partial charge in [0.25, 0.3) is 0 Å². The van der Waals surface area contributed by atoms with Crippen LogP contribution in [-0.2, 0) is 0 Å². The predicted molar refractivity (Wildman–Crippen MR) is 51.5 cm³/mol. The van der Waals surface area contributed by atoms with Gasteiger partial charge in [0.2, 0.25) is 9.61 Å². The van der Waals surface area contributed by atoms with Gasteiger partial charge >= 0.3 is 0 Å².